The van der Waals surface area contributed by atoms with E-state index in [4.69, 9.17) is 16.3 Å². The maximum atomic E-state index is 13.8. The number of benzene rings is 1. The number of nitrogens with one attached hydrogen (secondary N) is 1. The number of ether oxygens (including phenoxy) is 1. The standard InChI is InChI=1S/C15H23ClFNO/c1-3-8-18-14(7-9-19-4-2)10-12-5-6-13(16)11-15(12)17/h5-6,11,14,18H,3-4,7-10H2,1-2H3. The van der Waals surface area contributed by atoms with Crippen LogP contribution in [0.2, 0.25) is 5.02 Å². The molecule has 0 aliphatic rings. The largest absolute Gasteiger partial charge is 0.382 e. The molecule has 0 saturated heterocycles. The van der Waals surface area contributed by atoms with Crippen molar-refractivity contribution in [3.8, 4) is 0 Å². The lowest BCUT2D eigenvalue weighted by Gasteiger charge is -2.19. The Morgan fingerprint density at radius 1 is 1.37 bits per heavy atom. The van der Waals surface area contributed by atoms with Crippen LogP contribution in [0.3, 0.4) is 0 Å². The number of halogens is 2. The van der Waals surface area contributed by atoms with Crippen molar-refractivity contribution in [1.82, 2.24) is 5.32 Å². The van der Waals surface area contributed by atoms with Gasteiger partial charge in [0.1, 0.15) is 5.82 Å². The van der Waals surface area contributed by atoms with E-state index in [0.29, 0.717) is 23.6 Å². The quantitative estimate of drug-likeness (QED) is 0.697. The summed E-state index contributed by atoms with van der Waals surface area (Å²) in [6, 6.07) is 5.11. The number of rotatable bonds is 9. The molecular formula is C15H23ClFNO. The van der Waals surface area contributed by atoms with Crippen molar-refractivity contribution < 1.29 is 9.13 Å². The fourth-order valence-corrected chi connectivity index (χ4v) is 2.11. The van der Waals surface area contributed by atoms with Crippen LogP contribution in [0.25, 0.3) is 0 Å². The second-order valence-corrected chi connectivity index (χ2v) is 5.01. The normalized spacial score (nSPS) is 12.6. The third-order valence-corrected chi connectivity index (χ3v) is 3.21. The summed E-state index contributed by atoms with van der Waals surface area (Å²) in [5.74, 6) is -0.229. The topological polar surface area (TPSA) is 21.3 Å². The zero-order valence-electron chi connectivity index (χ0n) is 11.7. The highest BCUT2D eigenvalue weighted by Gasteiger charge is 2.12. The van der Waals surface area contributed by atoms with Crippen LogP contribution in [0.15, 0.2) is 18.2 Å². The average molecular weight is 288 g/mol. The molecule has 1 aromatic carbocycles. The van der Waals surface area contributed by atoms with Gasteiger partial charge >= 0.3 is 0 Å². The van der Waals surface area contributed by atoms with Gasteiger partial charge in [0, 0.05) is 24.3 Å². The lowest BCUT2D eigenvalue weighted by atomic mass is 10.0. The summed E-state index contributed by atoms with van der Waals surface area (Å²) in [7, 11) is 0. The molecule has 0 amide bonds. The summed E-state index contributed by atoms with van der Waals surface area (Å²) >= 11 is 5.76. The molecule has 0 spiro atoms. The summed E-state index contributed by atoms with van der Waals surface area (Å²) in [5, 5.41) is 3.88. The van der Waals surface area contributed by atoms with Crippen molar-refractivity contribution in [3.63, 3.8) is 0 Å². The molecule has 0 heterocycles. The zero-order chi connectivity index (χ0) is 14.1. The molecule has 2 nitrogen and oxygen atoms in total. The third kappa shape index (κ3) is 6.37. The first kappa shape index (κ1) is 16.4. The van der Waals surface area contributed by atoms with Gasteiger partial charge in [0.15, 0.2) is 0 Å². The van der Waals surface area contributed by atoms with E-state index in [9.17, 15) is 4.39 Å². The van der Waals surface area contributed by atoms with Crippen molar-refractivity contribution in [2.24, 2.45) is 0 Å². The van der Waals surface area contributed by atoms with Gasteiger partial charge in [-0.05, 0) is 50.4 Å². The fraction of sp³-hybridized carbons (Fsp3) is 0.600. The minimum atomic E-state index is -0.229. The molecular weight excluding hydrogens is 265 g/mol. The summed E-state index contributed by atoms with van der Waals surface area (Å²) in [6.45, 7) is 6.46. The van der Waals surface area contributed by atoms with E-state index in [1.54, 1.807) is 12.1 Å². The Bertz CT molecular complexity index is 373. The van der Waals surface area contributed by atoms with Crippen molar-refractivity contribution in [1.29, 1.82) is 0 Å². The predicted molar refractivity (Wildman–Crippen MR) is 78.3 cm³/mol. The Labute approximate surface area is 120 Å². The molecule has 0 radical (unpaired) electrons. The number of hydrogen-bond donors (Lipinski definition) is 1. The van der Waals surface area contributed by atoms with Crippen LogP contribution in [-0.2, 0) is 11.2 Å². The van der Waals surface area contributed by atoms with Gasteiger partial charge in [0.25, 0.3) is 0 Å². The van der Waals surface area contributed by atoms with E-state index in [2.05, 4.69) is 12.2 Å². The maximum absolute atomic E-state index is 13.8. The lowest BCUT2D eigenvalue weighted by molar-refractivity contribution is 0.136. The molecule has 0 aliphatic heterocycles. The Hall–Kier alpha value is -0.640. The second kappa shape index (κ2) is 9.29. The van der Waals surface area contributed by atoms with Gasteiger partial charge in [0.05, 0.1) is 0 Å². The highest BCUT2D eigenvalue weighted by atomic mass is 35.5. The first-order chi connectivity index (χ1) is 9.17. The van der Waals surface area contributed by atoms with E-state index in [-0.39, 0.29) is 11.9 Å². The second-order valence-electron chi connectivity index (χ2n) is 4.58. The molecule has 1 unspecified atom stereocenters. The highest BCUT2D eigenvalue weighted by molar-refractivity contribution is 6.30. The first-order valence-corrected chi connectivity index (χ1v) is 7.30. The number of hydrogen-bond acceptors (Lipinski definition) is 2. The van der Waals surface area contributed by atoms with E-state index in [1.807, 2.05) is 6.92 Å². The molecule has 1 rings (SSSR count). The lowest BCUT2D eigenvalue weighted by Crippen LogP contribution is -2.33. The van der Waals surface area contributed by atoms with Gasteiger partial charge < -0.3 is 10.1 Å². The van der Waals surface area contributed by atoms with Gasteiger partial charge in [-0.2, -0.15) is 0 Å². The summed E-state index contributed by atoms with van der Waals surface area (Å²) < 4.78 is 19.2. The van der Waals surface area contributed by atoms with Gasteiger partial charge in [-0.1, -0.05) is 24.6 Å². The molecule has 0 aromatic heterocycles. The van der Waals surface area contributed by atoms with Crippen LogP contribution in [0, 0.1) is 5.82 Å². The molecule has 19 heavy (non-hydrogen) atoms. The molecule has 0 fully saturated rings. The van der Waals surface area contributed by atoms with Gasteiger partial charge in [0.2, 0.25) is 0 Å². The average Bonchev–Trinajstić information content (AvgIpc) is 2.39. The Balaban J connectivity index is 2.58. The minimum Gasteiger partial charge on any atom is -0.382 e. The molecule has 1 aromatic rings. The van der Waals surface area contributed by atoms with Crippen molar-refractivity contribution in [2.45, 2.75) is 39.2 Å². The van der Waals surface area contributed by atoms with Gasteiger partial charge in [-0.15, -0.1) is 0 Å². The van der Waals surface area contributed by atoms with E-state index in [0.717, 1.165) is 26.0 Å². The molecule has 4 heteroatoms. The van der Waals surface area contributed by atoms with Crippen molar-refractivity contribution >= 4 is 11.6 Å². The van der Waals surface area contributed by atoms with Crippen LogP contribution in [0.4, 0.5) is 4.39 Å². The highest BCUT2D eigenvalue weighted by Crippen LogP contribution is 2.16. The van der Waals surface area contributed by atoms with Crippen LogP contribution in [0.1, 0.15) is 32.3 Å². The first-order valence-electron chi connectivity index (χ1n) is 6.92. The molecule has 1 atom stereocenters. The third-order valence-electron chi connectivity index (χ3n) is 2.98. The molecule has 0 bridgehead atoms. The summed E-state index contributed by atoms with van der Waals surface area (Å²) in [4.78, 5) is 0. The fourth-order valence-electron chi connectivity index (χ4n) is 1.95. The molecule has 108 valence electrons. The maximum Gasteiger partial charge on any atom is 0.127 e. The smallest absolute Gasteiger partial charge is 0.127 e. The molecule has 0 saturated carbocycles. The molecule has 1 N–H and O–H groups in total. The summed E-state index contributed by atoms with van der Waals surface area (Å²) in [5.41, 5.74) is 0.703. The zero-order valence-corrected chi connectivity index (χ0v) is 12.5. The van der Waals surface area contributed by atoms with Crippen LogP contribution in [-0.4, -0.2) is 25.8 Å². The van der Waals surface area contributed by atoms with Crippen LogP contribution < -0.4 is 5.32 Å². The van der Waals surface area contributed by atoms with Crippen LogP contribution in [0.5, 0.6) is 0 Å². The van der Waals surface area contributed by atoms with E-state index in [1.165, 1.54) is 6.07 Å². The Kier molecular flexibility index (Phi) is 8.03. The monoisotopic (exact) mass is 287 g/mol. The van der Waals surface area contributed by atoms with Gasteiger partial charge in [-0.25, -0.2) is 4.39 Å². The van der Waals surface area contributed by atoms with Crippen molar-refractivity contribution in [3.05, 3.63) is 34.6 Å². The van der Waals surface area contributed by atoms with E-state index >= 15 is 0 Å². The van der Waals surface area contributed by atoms with Crippen molar-refractivity contribution in [2.75, 3.05) is 19.8 Å². The minimum absolute atomic E-state index is 0.229. The van der Waals surface area contributed by atoms with Crippen LogP contribution >= 0.6 is 11.6 Å². The van der Waals surface area contributed by atoms with Gasteiger partial charge in [-0.3, -0.25) is 0 Å². The predicted octanol–water partition coefficient (Wildman–Crippen LogP) is 3.82. The SMILES string of the molecule is CCCNC(CCOCC)Cc1ccc(Cl)cc1F. The molecule has 0 aliphatic carbocycles. The Morgan fingerprint density at radius 2 is 2.16 bits per heavy atom. The Morgan fingerprint density at radius 3 is 2.79 bits per heavy atom. The van der Waals surface area contributed by atoms with E-state index < -0.39 is 0 Å². The summed E-state index contributed by atoms with van der Waals surface area (Å²) in [6.07, 6.45) is 2.61.